The molecule has 1 unspecified atom stereocenters. The number of rotatable bonds is 6. The lowest BCUT2D eigenvalue weighted by atomic mass is 10.2. The van der Waals surface area contributed by atoms with Crippen LogP contribution < -0.4 is 4.72 Å². The van der Waals surface area contributed by atoms with E-state index >= 15 is 0 Å². The molecule has 0 radical (unpaired) electrons. The maximum absolute atomic E-state index is 12.8. The Morgan fingerprint density at radius 1 is 1.32 bits per heavy atom. The minimum atomic E-state index is -4.71. The Kier molecular flexibility index (Phi) is 5.10. The van der Waals surface area contributed by atoms with Crippen molar-refractivity contribution in [3.63, 3.8) is 0 Å². The minimum absolute atomic E-state index is 0.0129. The number of aromatic nitrogens is 3. The molecule has 1 N–H and O–H groups in total. The van der Waals surface area contributed by atoms with Crippen LogP contribution in [-0.2, 0) is 23.2 Å². The van der Waals surface area contributed by atoms with Crippen molar-refractivity contribution < 1.29 is 30.5 Å². The lowest BCUT2D eigenvalue weighted by Crippen LogP contribution is -2.29. The summed E-state index contributed by atoms with van der Waals surface area (Å²) in [6.07, 6.45) is -2.70. The highest BCUT2D eigenvalue weighted by Gasteiger charge is 2.37. The van der Waals surface area contributed by atoms with Crippen molar-refractivity contribution in [1.29, 1.82) is 0 Å². The zero-order chi connectivity index (χ0) is 20.7. The average Bonchev–Trinajstić information content (AvgIpc) is 3.31. The van der Waals surface area contributed by atoms with Crippen molar-refractivity contribution in [1.82, 2.24) is 19.7 Å². The van der Waals surface area contributed by atoms with Crippen molar-refractivity contribution in [3.05, 3.63) is 41.6 Å². The summed E-state index contributed by atoms with van der Waals surface area (Å²) in [7, 11) is -2.33. The number of sulfonamides is 1. The fraction of sp³-hybridized carbons (Fsp3) is 0.375. The fourth-order valence-electron chi connectivity index (χ4n) is 2.71. The van der Waals surface area contributed by atoms with Gasteiger partial charge in [0.2, 0.25) is 15.8 Å². The number of furan rings is 1. The smallest absolute Gasteiger partial charge is 0.452 e. The third-order valence-electron chi connectivity index (χ3n) is 4.13. The molecule has 3 aromatic rings. The maximum Gasteiger partial charge on any atom is 0.452 e. The zero-order valence-electron chi connectivity index (χ0n) is 15.1. The summed E-state index contributed by atoms with van der Waals surface area (Å²) in [6, 6.07) is 2.91. The van der Waals surface area contributed by atoms with E-state index in [1.165, 1.54) is 6.92 Å². The standard InChI is InChI=1S/C16H17F3N4O4S/c1-4-10(12-5-6-20-23(12)3)22-28(24,25)14-8-13(26-9(14)2)11-7-15(27-21-11)16(17,18)19/h5-8,10,22H,4H2,1-3H3. The third kappa shape index (κ3) is 3.83. The van der Waals surface area contributed by atoms with Gasteiger partial charge in [-0.1, -0.05) is 12.1 Å². The molecule has 0 aliphatic carbocycles. The molecule has 3 rings (SSSR count). The Balaban J connectivity index is 1.91. The summed E-state index contributed by atoms with van der Waals surface area (Å²) in [5.74, 6) is -1.44. The largest absolute Gasteiger partial charge is 0.458 e. The third-order valence-corrected chi connectivity index (χ3v) is 5.70. The van der Waals surface area contributed by atoms with Crippen LogP contribution in [0.25, 0.3) is 11.5 Å². The number of hydrogen-bond acceptors (Lipinski definition) is 6. The van der Waals surface area contributed by atoms with Crippen LogP contribution in [0.15, 0.2) is 38.2 Å². The summed E-state index contributed by atoms with van der Waals surface area (Å²) >= 11 is 0. The summed E-state index contributed by atoms with van der Waals surface area (Å²) in [5, 5.41) is 7.33. The van der Waals surface area contributed by atoms with E-state index in [4.69, 9.17) is 4.42 Å². The van der Waals surface area contributed by atoms with Crippen LogP contribution in [0.5, 0.6) is 0 Å². The molecule has 3 aromatic heterocycles. The van der Waals surface area contributed by atoms with Gasteiger partial charge in [0.25, 0.3) is 0 Å². The van der Waals surface area contributed by atoms with Gasteiger partial charge in [0, 0.05) is 25.4 Å². The first-order valence-electron chi connectivity index (χ1n) is 8.18. The maximum atomic E-state index is 12.8. The minimum Gasteiger partial charge on any atom is -0.458 e. The van der Waals surface area contributed by atoms with Crippen molar-refractivity contribution in [2.24, 2.45) is 7.05 Å². The molecule has 152 valence electrons. The van der Waals surface area contributed by atoms with E-state index < -0.39 is 28.0 Å². The first-order valence-corrected chi connectivity index (χ1v) is 9.66. The molecule has 0 fully saturated rings. The second-order valence-corrected chi connectivity index (χ2v) is 7.75. The van der Waals surface area contributed by atoms with Gasteiger partial charge in [0.15, 0.2) is 5.76 Å². The second-order valence-electron chi connectivity index (χ2n) is 6.07. The van der Waals surface area contributed by atoms with Crippen molar-refractivity contribution >= 4 is 10.0 Å². The van der Waals surface area contributed by atoms with E-state index in [0.29, 0.717) is 18.2 Å². The Labute approximate surface area is 158 Å². The van der Waals surface area contributed by atoms with E-state index in [9.17, 15) is 21.6 Å². The molecule has 28 heavy (non-hydrogen) atoms. The molecule has 0 saturated heterocycles. The molecule has 3 heterocycles. The van der Waals surface area contributed by atoms with E-state index in [1.54, 1.807) is 24.0 Å². The molecule has 0 aliphatic heterocycles. The average molecular weight is 418 g/mol. The second kappa shape index (κ2) is 7.09. The summed E-state index contributed by atoms with van der Waals surface area (Å²) in [4.78, 5) is -0.195. The quantitative estimate of drug-likeness (QED) is 0.658. The van der Waals surface area contributed by atoms with Gasteiger partial charge < -0.3 is 8.94 Å². The summed E-state index contributed by atoms with van der Waals surface area (Å²) < 4.78 is 77.3. The van der Waals surface area contributed by atoms with Gasteiger partial charge in [-0.05, 0) is 19.4 Å². The molecule has 0 bridgehead atoms. The van der Waals surface area contributed by atoms with E-state index in [0.717, 1.165) is 6.07 Å². The van der Waals surface area contributed by atoms with Gasteiger partial charge in [0.05, 0.1) is 11.7 Å². The molecule has 0 aromatic carbocycles. The lowest BCUT2D eigenvalue weighted by molar-refractivity contribution is -0.155. The van der Waals surface area contributed by atoms with Crippen LogP contribution >= 0.6 is 0 Å². The number of aryl methyl sites for hydroxylation is 2. The molecular formula is C16H17F3N4O4S. The summed E-state index contributed by atoms with van der Waals surface area (Å²) in [5.41, 5.74) is 0.411. The van der Waals surface area contributed by atoms with Gasteiger partial charge in [0.1, 0.15) is 16.3 Å². The van der Waals surface area contributed by atoms with Crippen LogP contribution in [0.3, 0.4) is 0 Å². The molecular weight excluding hydrogens is 401 g/mol. The van der Waals surface area contributed by atoms with E-state index in [-0.39, 0.29) is 22.1 Å². The SMILES string of the molecule is CCC(NS(=O)(=O)c1cc(-c2cc(C(F)(F)F)on2)oc1C)c1ccnn1C. The first-order chi connectivity index (χ1) is 13.0. The van der Waals surface area contributed by atoms with Crippen LogP contribution in [-0.4, -0.2) is 23.4 Å². The number of nitrogens with zero attached hydrogens (tertiary/aromatic N) is 3. The van der Waals surface area contributed by atoms with Crippen molar-refractivity contribution in [2.45, 2.75) is 37.4 Å². The Hall–Kier alpha value is -2.60. The Morgan fingerprint density at radius 2 is 2.04 bits per heavy atom. The van der Waals surface area contributed by atoms with Crippen LogP contribution in [0.1, 0.15) is 36.6 Å². The van der Waals surface area contributed by atoms with Gasteiger partial charge in [-0.25, -0.2) is 13.1 Å². The molecule has 8 nitrogen and oxygen atoms in total. The highest BCUT2D eigenvalue weighted by molar-refractivity contribution is 7.89. The van der Waals surface area contributed by atoms with Crippen LogP contribution in [0, 0.1) is 6.92 Å². The van der Waals surface area contributed by atoms with Gasteiger partial charge >= 0.3 is 6.18 Å². The van der Waals surface area contributed by atoms with Crippen molar-refractivity contribution in [3.8, 4) is 11.5 Å². The van der Waals surface area contributed by atoms with Crippen LogP contribution in [0.2, 0.25) is 0 Å². The molecule has 0 spiro atoms. The van der Waals surface area contributed by atoms with E-state index in [2.05, 4.69) is 19.5 Å². The van der Waals surface area contributed by atoms with Gasteiger partial charge in [-0.2, -0.15) is 18.3 Å². The monoisotopic (exact) mass is 418 g/mol. The Morgan fingerprint density at radius 3 is 2.57 bits per heavy atom. The van der Waals surface area contributed by atoms with Crippen LogP contribution in [0.4, 0.5) is 13.2 Å². The zero-order valence-corrected chi connectivity index (χ0v) is 15.9. The number of alkyl halides is 3. The lowest BCUT2D eigenvalue weighted by Gasteiger charge is -2.17. The fourth-order valence-corrected chi connectivity index (χ4v) is 4.18. The van der Waals surface area contributed by atoms with Crippen molar-refractivity contribution in [2.75, 3.05) is 0 Å². The molecule has 0 amide bonds. The molecule has 12 heteroatoms. The number of hydrogen-bond donors (Lipinski definition) is 1. The number of nitrogens with one attached hydrogen (secondary N) is 1. The van der Waals surface area contributed by atoms with E-state index in [1.807, 2.05) is 6.92 Å². The highest BCUT2D eigenvalue weighted by Crippen LogP contribution is 2.34. The predicted octanol–water partition coefficient (Wildman–Crippen LogP) is 3.42. The Bertz CT molecular complexity index is 1080. The topological polar surface area (TPSA) is 103 Å². The molecule has 1 atom stereocenters. The molecule has 0 saturated carbocycles. The highest BCUT2D eigenvalue weighted by atomic mass is 32.2. The van der Waals surface area contributed by atoms with Gasteiger partial charge in [-0.3, -0.25) is 4.68 Å². The number of halogens is 3. The summed E-state index contributed by atoms with van der Waals surface area (Å²) in [6.45, 7) is 3.20. The predicted molar refractivity (Wildman–Crippen MR) is 90.5 cm³/mol. The normalized spacial score (nSPS) is 13.8. The first kappa shape index (κ1) is 20.1. The van der Waals surface area contributed by atoms with Gasteiger partial charge in [-0.15, -0.1) is 0 Å². The molecule has 0 aliphatic rings.